The van der Waals surface area contributed by atoms with Gasteiger partial charge in [-0.05, 0) is 39.2 Å². The average molecular weight is 456 g/mol. The zero-order valence-corrected chi connectivity index (χ0v) is 20.2. The molecule has 1 amide bonds. The number of nitrogens with one attached hydrogen (secondary N) is 1. The summed E-state index contributed by atoms with van der Waals surface area (Å²) in [5, 5.41) is 5.12. The van der Waals surface area contributed by atoms with Gasteiger partial charge in [0.2, 0.25) is 0 Å². The van der Waals surface area contributed by atoms with Crippen molar-refractivity contribution in [2.24, 2.45) is 5.92 Å². The van der Waals surface area contributed by atoms with E-state index in [4.69, 9.17) is 5.73 Å². The molecule has 178 valence electrons. The lowest BCUT2D eigenvalue weighted by atomic mass is 10.1. The van der Waals surface area contributed by atoms with Gasteiger partial charge in [0.1, 0.15) is 5.82 Å². The SMILES string of the molecule is CCCCN(C(=O)c1cc2cnn(C(C)C)c2nc1C)c1c(N)n(CC(C)C)c(=O)[nH]c1=O. The third-order valence-electron chi connectivity index (χ3n) is 5.49. The smallest absolute Gasteiger partial charge is 0.330 e. The molecule has 3 aromatic rings. The normalized spacial score (nSPS) is 11.6. The molecule has 0 spiro atoms. The largest absolute Gasteiger partial charge is 0.383 e. The summed E-state index contributed by atoms with van der Waals surface area (Å²) in [6.45, 7) is 12.3. The Hall–Kier alpha value is -3.43. The van der Waals surface area contributed by atoms with Crippen molar-refractivity contribution >= 4 is 28.4 Å². The number of anilines is 2. The highest BCUT2D eigenvalue weighted by molar-refractivity contribution is 6.09. The van der Waals surface area contributed by atoms with Crippen molar-refractivity contribution in [2.45, 2.75) is 67.0 Å². The molecule has 10 nitrogen and oxygen atoms in total. The zero-order valence-electron chi connectivity index (χ0n) is 20.2. The average Bonchev–Trinajstić information content (AvgIpc) is 3.15. The van der Waals surface area contributed by atoms with Crippen LogP contribution in [0.5, 0.6) is 0 Å². The number of fused-ring (bicyclic) bond motifs is 1. The number of unbranched alkanes of at least 4 members (excludes halogenated alkanes) is 1. The molecule has 3 rings (SSSR count). The van der Waals surface area contributed by atoms with Gasteiger partial charge in [0.15, 0.2) is 11.3 Å². The Labute approximate surface area is 192 Å². The molecule has 3 heterocycles. The number of carbonyl (C=O) groups excluding carboxylic acids is 1. The van der Waals surface area contributed by atoms with E-state index in [-0.39, 0.29) is 35.9 Å². The van der Waals surface area contributed by atoms with E-state index >= 15 is 0 Å². The molecule has 3 aromatic heterocycles. The molecule has 0 saturated heterocycles. The van der Waals surface area contributed by atoms with Crippen LogP contribution in [0.4, 0.5) is 11.5 Å². The summed E-state index contributed by atoms with van der Waals surface area (Å²) in [7, 11) is 0. The van der Waals surface area contributed by atoms with Crippen molar-refractivity contribution in [1.82, 2.24) is 24.3 Å². The minimum Gasteiger partial charge on any atom is -0.383 e. The Morgan fingerprint density at radius 1 is 1.24 bits per heavy atom. The summed E-state index contributed by atoms with van der Waals surface area (Å²) >= 11 is 0. The van der Waals surface area contributed by atoms with Gasteiger partial charge in [-0.1, -0.05) is 27.2 Å². The number of nitrogens with zero attached hydrogens (tertiary/aromatic N) is 5. The first-order valence-electron chi connectivity index (χ1n) is 11.4. The minimum absolute atomic E-state index is 0.00827. The van der Waals surface area contributed by atoms with Crippen LogP contribution in [0.15, 0.2) is 21.9 Å². The van der Waals surface area contributed by atoms with Crippen LogP contribution in [0, 0.1) is 12.8 Å². The van der Waals surface area contributed by atoms with Crippen LogP contribution in [0.25, 0.3) is 11.0 Å². The van der Waals surface area contributed by atoms with E-state index in [9.17, 15) is 14.4 Å². The van der Waals surface area contributed by atoms with Crippen LogP contribution in [-0.2, 0) is 6.54 Å². The fourth-order valence-corrected chi connectivity index (χ4v) is 3.82. The van der Waals surface area contributed by atoms with Crippen molar-refractivity contribution in [3.8, 4) is 0 Å². The van der Waals surface area contributed by atoms with Crippen LogP contribution in [0.2, 0.25) is 0 Å². The first-order valence-corrected chi connectivity index (χ1v) is 11.4. The fraction of sp³-hybridized carbons (Fsp3) is 0.522. The molecule has 0 saturated carbocycles. The molecule has 33 heavy (non-hydrogen) atoms. The van der Waals surface area contributed by atoms with Crippen molar-refractivity contribution in [3.63, 3.8) is 0 Å². The number of aromatic amines is 1. The van der Waals surface area contributed by atoms with Crippen LogP contribution >= 0.6 is 0 Å². The van der Waals surface area contributed by atoms with E-state index in [0.717, 1.165) is 11.8 Å². The van der Waals surface area contributed by atoms with Crippen LogP contribution < -0.4 is 21.9 Å². The number of rotatable bonds is 8. The van der Waals surface area contributed by atoms with Gasteiger partial charge in [0.25, 0.3) is 11.5 Å². The van der Waals surface area contributed by atoms with Crippen molar-refractivity contribution < 1.29 is 4.79 Å². The Morgan fingerprint density at radius 3 is 2.55 bits per heavy atom. The molecule has 0 aliphatic carbocycles. The second-order valence-electron chi connectivity index (χ2n) is 9.02. The van der Waals surface area contributed by atoms with Crippen LogP contribution in [0.3, 0.4) is 0 Å². The highest BCUT2D eigenvalue weighted by atomic mass is 16.2. The Morgan fingerprint density at radius 2 is 1.94 bits per heavy atom. The van der Waals surface area contributed by atoms with Crippen LogP contribution in [-0.4, -0.2) is 36.8 Å². The molecule has 0 aliphatic heterocycles. The van der Waals surface area contributed by atoms with Gasteiger partial charge in [0, 0.05) is 24.5 Å². The summed E-state index contributed by atoms with van der Waals surface area (Å²) in [5.41, 5.74) is 6.62. The number of hydrogen-bond donors (Lipinski definition) is 2. The number of aryl methyl sites for hydroxylation is 1. The molecule has 0 bridgehead atoms. The van der Waals surface area contributed by atoms with Crippen molar-refractivity contribution in [1.29, 1.82) is 0 Å². The zero-order chi connectivity index (χ0) is 24.4. The minimum atomic E-state index is -0.679. The number of nitrogens with two attached hydrogens (primary N) is 1. The van der Waals surface area contributed by atoms with Crippen LogP contribution in [0.1, 0.15) is 69.6 Å². The summed E-state index contributed by atoms with van der Waals surface area (Å²) in [5.74, 6) is -0.282. The summed E-state index contributed by atoms with van der Waals surface area (Å²) in [4.78, 5) is 47.3. The third-order valence-corrected chi connectivity index (χ3v) is 5.49. The molecular formula is C23H33N7O3. The first-order chi connectivity index (χ1) is 15.6. The Balaban J connectivity index is 2.17. The third kappa shape index (κ3) is 4.69. The Kier molecular flexibility index (Phi) is 7.04. The number of hydrogen-bond acceptors (Lipinski definition) is 6. The van der Waals surface area contributed by atoms with Gasteiger partial charge in [-0.3, -0.25) is 19.1 Å². The number of pyridine rings is 1. The van der Waals surface area contributed by atoms with Gasteiger partial charge >= 0.3 is 5.69 Å². The first kappa shape index (κ1) is 24.2. The molecule has 0 aromatic carbocycles. The molecular weight excluding hydrogens is 422 g/mol. The quantitative estimate of drug-likeness (QED) is 0.537. The molecule has 0 aliphatic rings. The van der Waals surface area contributed by atoms with Gasteiger partial charge in [0.05, 0.1) is 17.5 Å². The van der Waals surface area contributed by atoms with Gasteiger partial charge in [-0.25, -0.2) is 14.5 Å². The highest BCUT2D eigenvalue weighted by Gasteiger charge is 2.27. The highest BCUT2D eigenvalue weighted by Crippen LogP contribution is 2.24. The topological polar surface area (TPSA) is 132 Å². The second kappa shape index (κ2) is 9.60. The number of nitrogen functional groups attached to an aromatic ring is 1. The van der Waals surface area contributed by atoms with Gasteiger partial charge in [-0.2, -0.15) is 5.10 Å². The predicted octanol–water partition coefficient (Wildman–Crippen LogP) is 2.86. The van der Waals surface area contributed by atoms with E-state index in [2.05, 4.69) is 15.1 Å². The van der Waals surface area contributed by atoms with E-state index < -0.39 is 11.2 Å². The molecule has 3 N–H and O–H groups in total. The van der Waals surface area contributed by atoms with E-state index in [1.165, 1.54) is 9.47 Å². The molecule has 10 heteroatoms. The summed E-state index contributed by atoms with van der Waals surface area (Å²) < 4.78 is 3.12. The van der Waals surface area contributed by atoms with Crippen molar-refractivity contribution in [3.05, 3.63) is 44.4 Å². The lowest BCUT2D eigenvalue weighted by Crippen LogP contribution is -2.42. The Bertz CT molecular complexity index is 1280. The van der Waals surface area contributed by atoms with Crippen molar-refractivity contribution in [2.75, 3.05) is 17.2 Å². The molecule has 0 fully saturated rings. The molecule has 0 radical (unpaired) electrons. The lowest BCUT2D eigenvalue weighted by molar-refractivity contribution is 0.0985. The molecule has 0 atom stereocenters. The maximum Gasteiger partial charge on any atom is 0.330 e. The maximum atomic E-state index is 13.7. The van der Waals surface area contributed by atoms with E-state index in [0.29, 0.717) is 29.9 Å². The standard InChI is InChI=1S/C23H33N7O3/c1-7-8-9-28(18-19(24)29(12-13(2)3)23(33)27-21(18)31)22(32)17-10-16-11-25-30(14(4)5)20(16)26-15(17)6/h10-11,13-14H,7-9,12,24H2,1-6H3,(H,27,31,33). The maximum absolute atomic E-state index is 13.7. The van der Waals surface area contributed by atoms with E-state index in [1.54, 1.807) is 23.9 Å². The number of aromatic nitrogens is 5. The monoisotopic (exact) mass is 455 g/mol. The number of H-pyrrole nitrogens is 1. The lowest BCUT2D eigenvalue weighted by Gasteiger charge is -2.25. The summed E-state index contributed by atoms with van der Waals surface area (Å²) in [6, 6.07) is 1.87. The van der Waals surface area contributed by atoms with Gasteiger partial charge in [-0.15, -0.1) is 0 Å². The summed E-state index contributed by atoms with van der Waals surface area (Å²) in [6.07, 6.45) is 3.15. The molecule has 0 unspecified atom stereocenters. The second-order valence-corrected chi connectivity index (χ2v) is 9.02. The van der Waals surface area contributed by atoms with Gasteiger partial charge < -0.3 is 10.6 Å². The number of carbonyl (C=O) groups is 1. The fourth-order valence-electron chi connectivity index (χ4n) is 3.82. The van der Waals surface area contributed by atoms with E-state index in [1.807, 2.05) is 34.6 Å². The predicted molar refractivity (Wildman–Crippen MR) is 130 cm³/mol. The number of amides is 1.